The molecule has 2 heterocycles. The SMILES string of the molecule is COc1ccc(NC(=O)c2cc(NCc3ccncc3)ccn2)cc1OC. The van der Waals surface area contributed by atoms with Crippen LogP contribution in [0.1, 0.15) is 16.1 Å². The molecule has 0 unspecified atom stereocenters. The molecule has 0 radical (unpaired) electrons. The molecule has 3 rings (SSSR count). The fourth-order valence-corrected chi connectivity index (χ4v) is 2.48. The fourth-order valence-electron chi connectivity index (χ4n) is 2.48. The average molecular weight is 364 g/mol. The zero-order valence-electron chi connectivity index (χ0n) is 15.1. The Kier molecular flexibility index (Phi) is 5.84. The molecule has 0 saturated heterocycles. The van der Waals surface area contributed by atoms with E-state index in [0.29, 0.717) is 29.4 Å². The molecule has 138 valence electrons. The van der Waals surface area contributed by atoms with E-state index in [-0.39, 0.29) is 5.91 Å². The zero-order valence-corrected chi connectivity index (χ0v) is 15.1. The third-order valence-electron chi connectivity index (χ3n) is 3.88. The molecule has 7 nitrogen and oxygen atoms in total. The summed E-state index contributed by atoms with van der Waals surface area (Å²) in [6.07, 6.45) is 5.08. The van der Waals surface area contributed by atoms with Gasteiger partial charge in [-0.05, 0) is 42.0 Å². The third kappa shape index (κ3) is 4.72. The highest BCUT2D eigenvalue weighted by Crippen LogP contribution is 2.29. The summed E-state index contributed by atoms with van der Waals surface area (Å²) in [6, 6.07) is 12.5. The summed E-state index contributed by atoms with van der Waals surface area (Å²) < 4.78 is 10.4. The molecule has 0 aliphatic heterocycles. The maximum atomic E-state index is 12.5. The molecule has 0 spiro atoms. The van der Waals surface area contributed by atoms with E-state index in [4.69, 9.17) is 9.47 Å². The predicted molar refractivity (Wildman–Crippen MR) is 103 cm³/mol. The van der Waals surface area contributed by atoms with Gasteiger partial charge in [0.05, 0.1) is 14.2 Å². The van der Waals surface area contributed by atoms with Gasteiger partial charge in [-0.2, -0.15) is 0 Å². The lowest BCUT2D eigenvalue weighted by Gasteiger charge is -2.11. The first-order valence-corrected chi connectivity index (χ1v) is 8.32. The molecule has 2 aromatic heterocycles. The predicted octanol–water partition coefficient (Wildman–Crippen LogP) is 3.36. The Bertz CT molecular complexity index is 916. The number of methoxy groups -OCH3 is 2. The fraction of sp³-hybridized carbons (Fsp3) is 0.150. The minimum Gasteiger partial charge on any atom is -0.493 e. The summed E-state index contributed by atoms with van der Waals surface area (Å²) in [5.74, 6) is 0.821. The Morgan fingerprint density at radius 1 is 0.926 bits per heavy atom. The maximum Gasteiger partial charge on any atom is 0.274 e. The van der Waals surface area contributed by atoms with Crippen molar-refractivity contribution in [3.05, 3.63) is 72.3 Å². The van der Waals surface area contributed by atoms with Crippen molar-refractivity contribution in [1.82, 2.24) is 9.97 Å². The van der Waals surface area contributed by atoms with Crippen LogP contribution in [0.5, 0.6) is 11.5 Å². The summed E-state index contributed by atoms with van der Waals surface area (Å²) in [5.41, 5.74) is 2.80. The van der Waals surface area contributed by atoms with Gasteiger partial charge < -0.3 is 20.1 Å². The summed E-state index contributed by atoms with van der Waals surface area (Å²) >= 11 is 0. The van der Waals surface area contributed by atoms with Crippen molar-refractivity contribution in [2.45, 2.75) is 6.54 Å². The van der Waals surface area contributed by atoms with E-state index in [0.717, 1.165) is 11.3 Å². The van der Waals surface area contributed by atoms with Crippen molar-refractivity contribution in [1.29, 1.82) is 0 Å². The van der Waals surface area contributed by atoms with Crippen LogP contribution in [0.3, 0.4) is 0 Å². The molecule has 27 heavy (non-hydrogen) atoms. The van der Waals surface area contributed by atoms with Crippen LogP contribution in [0.15, 0.2) is 61.1 Å². The van der Waals surface area contributed by atoms with Crippen LogP contribution in [0.4, 0.5) is 11.4 Å². The van der Waals surface area contributed by atoms with Crippen molar-refractivity contribution in [3.8, 4) is 11.5 Å². The van der Waals surface area contributed by atoms with Crippen molar-refractivity contribution in [2.75, 3.05) is 24.9 Å². The number of nitrogens with one attached hydrogen (secondary N) is 2. The second-order valence-corrected chi connectivity index (χ2v) is 5.66. The molecule has 7 heteroatoms. The lowest BCUT2D eigenvalue weighted by atomic mass is 10.2. The molecular weight excluding hydrogens is 344 g/mol. The van der Waals surface area contributed by atoms with Crippen LogP contribution in [-0.2, 0) is 6.54 Å². The molecule has 0 saturated carbocycles. The minimum atomic E-state index is -0.310. The van der Waals surface area contributed by atoms with Gasteiger partial charge in [0.25, 0.3) is 5.91 Å². The minimum absolute atomic E-state index is 0.310. The highest BCUT2D eigenvalue weighted by Gasteiger charge is 2.11. The van der Waals surface area contributed by atoms with E-state index in [1.807, 2.05) is 18.2 Å². The van der Waals surface area contributed by atoms with Gasteiger partial charge in [0, 0.05) is 42.6 Å². The van der Waals surface area contributed by atoms with Crippen molar-refractivity contribution >= 4 is 17.3 Å². The molecule has 0 fully saturated rings. The Hall–Kier alpha value is -3.61. The van der Waals surface area contributed by atoms with Crippen LogP contribution < -0.4 is 20.1 Å². The Balaban J connectivity index is 1.68. The number of carbonyl (C=O) groups is 1. The smallest absolute Gasteiger partial charge is 0.274 e. The Morgan fingerprint density at radius 2 is 1.70 bits per heavy atom. The molecule has 3 aromatic rings. The van der Waals surface area contributed by atoms with Gasteiger partial charge in [0.1, 0.15) is 5.69 Å². The number of rotatable bonds is 7. The normalized spacial score (nSPS) is 10.1. The largest absolute Gasteiger partial charge is 0.493 e. The number of nitrogens with zero attached hydrogens (tertiary/aromatic N) is 2. The molecule has 0 atom stereocenters. The Labute approximate surface area is 157 Å². The molecule has 1 amide bonds. The first kappa shape index (κ1) is 18.2. The summed E-state index contributed by atoms with van der Waals surface area (Å²) in [4.78, 5) is 20.7. The van der Waals surface area contributed by atoms with Gasteiger partial charge in [-0.3, -0.25) is 14.8 Å². The van der Waals surface area contributed by atoms with Crippen LogP contribution >= 0.6 is 0 Å². The number of aromatic nitrogens is 2. The number of ether oxygens (including phenoxy) is 2. The number of carbonyl (C=O) groups excluding carboxylic acids is 1. The van der Waals surface area contributed by atoms with Crippen LogP contribution in [-0.4, -0.2) is 30.1 Å². The first-order chi connectivity index (χ1) is 13.2. The van der Waals surface area contributed by atoms with Crippen molar-refractivity contribution in [2.24, 2.45) is 0 Å². The number of pyridine rings is 2. The maximum absolute atomic E-state index is 12.5. The van der Waals surface area contributed by atoms with E-state index < -0.39 is 0 Å². The molecule has 0 bridgehead atoms. The van der Waals surface area contributed by atoms with E-state index in [2.05, 4.69) is 20.6 Å². The lowest BCUT2D eigenvalue weighted by Crippen LogP contribution is -2.14. The summed E-state index contributed by atoms with van der Waals surface area (Å²) in [7, 11) is 3.10. The second-order valence-electron chi connectivity index (χ2n) is 5.66. The van der Waals surface area contributed by atoms with E-state index >= 15 is 0 Å². The highest BCUT2D eigenvalue weighted by atomic mass is 16.5. The van der Waals surface area contributed by atoms with Gasteiger partial charge in [-0.1, -0.05) is 0 Å². The van der Waals surface area contributed by atoms with Crippen LogP contribution in [0.2, 0.25) is 0 Å². The van der Waals surface area contributed by atoms with Gasteiger partial charge in [0.2, 0.25) is 0 Å². The average Bonchev–Trinajstić information content (AvgIpc) is 2.73. The van der Waals surface area contributed by atoms with Gasteiger partial charge >= 0.3 is 0 Å². The van der Waals surface area contributed by atoms with Crippen molar-refractivity contribution < 1.29 is 14.3 Å². The number of anilines is 2. The molecular formula is C20H20N4O3. The number of hydrogen-bond donors (Lipinski definition) is 2. The molecule has 0 aliphatic carbocycles. The highest BCUT2D eigenvalue weighted by molar-refractivity contribution is 6.03. The zero-order chi connectivity index (χ0) is 19.1. The van der Waals surface area contributed by atoms with Crippen LogP contribution in [0.25, 0.3) is 0 Å². The summed E-state index contributed by atoms with van der Waals surface area (Å²) in [6.45, 7) is 0.628. The topological polar surface area (TPSA) is 85.4 Å². The third-order valence-corrected chi connectivity index (χ3v) is 3.88. The van der Waals surface area contributed by atoms with Gasteiger partial charge in [0.15, 0.2) is 11.5 Å². The van der Waals surface area contributed by atoms with Crippen molar-refractivity contribution in [3.63, 3.8) is 0 Å². The van der Waals surface area contributed by atoms with E-state index in [1.54, 1.807) is 57.1 Å². The summed E-state index contributed by atoms with van der Waals surface area (Å²) in [5, 5.41) is 6.08. The quantitative estimate of drug-likeness (QED) is 0.669. The number of hydrogen-bond acceptors (Lipinski definition) is 6. The number of benzene rings is 1. The number of amides is 1. The van der Waals surface area contributed by atoms with E-state index in [1.165, 1.54) is 0 Å². The van der Waals surface area contributed by atoms with E-state index in [9.17, 15) is 4.79 Å². The Morgan fingerprint density at radius 3 is 2.44 bits per heavy atom. The standard InChI is InChI=1S/C20H20N4O3/c1-26-18-4-3-16(12-19(18)27-2)24-20(25)17-11-15(7-10-22-17)23-13-14-5-8-21-9-6-14/h3-12H,13H2,1-2H3,(H,22,23)(H,24,25). The lowest BCUT2D eigenvalue weighted by molar-refractivity contribution is 0.102. The van der Waals surface area contributed by atoms with Crippen LogP contribution in [0, 0.1) is 0 Å². The van der Waals surface area contributed by atoms with Gasteiger partial charge in [-0.15, -0.1) is 0 Å². The molecule has 0 aliphatic rings. The second kappa shape index (κ2) is 8.66. The molecule has 2 N–H and O–H groups in total. The molecule has 1 aromatic carbocycles. The van der Waals surface area contributed by atoms with Gasteiger partial charge in [-0.25, -0.2) is 0 Å². The monoisotopic (exact) mass is 364 g/mol. The first-order valence-electron chi connectivity index (χ1n) is 8.32.